The van der Waals surface area contributed by atoms with Crippen molar-refractivity contribution < 1.29 is 8.78 Å². The predicted molar refractivity (Wildman–Crippen MR) is 70.1 cm³/mol. The van der Waals surface area contributed by atoms with Gasteiger partial charge in [-0.15, -0.1) is 5.10 Å². The minimum absolute atomic E-state index is 0.189. The largest absolute Gasteiger partial charge is 0.270 e. The van der Waals surface area contributed by atoms with E-state index < -0.39 is 12.1 Å². The Hall–Kier alpha value is -2.57. The van der Waals surface area contributed by atoms with Crippen molar-refractivity contribution in [2.24, 2.45) is 0 Å². The van der Waals surface area contributed by atoms with E-state index in [9.17, 15) is 8.78 Å². The van der Waals surface area contributed by atoms with Gasteiger partial charge in [-0.25, -0.2) is 14.1 Å². The van der Waals surface area contributed by atoms with Gasteiger partial charge < -0.3 is 0 Å². The zero-order valence-electron chi connectivity index (χ0n) is 10.9. The number of rotatable bonds is 2. The summed E-state index contributed by atoms with van der Waals surface area (Å²) in [5, 5.41) is 4.30. The van der Waals surface area contributed by atoms with Crippen LogP contribution in [-0.2, 0) is 0 Å². The van der Waals surface area contributed by atoms with Crippen LogP contribution < -0.4 is 0 Å². The third-order valence-electron chi connectivity index (χ3n) is 3.62. The summed E-state index contributed by atoms with van der Waals surface area (Å²) in [6.07, 6.45) is 1.57. The van der Waals surface area contributed by atoms with Crippen molar-refractivity contribution >= 4 is 0 Å². The molecule has 0 fully saturated rings. The lowest BCUT2D eigenvalue weighted by atomic mass is 10.0. The molecule has 0 saturated heterocycles. The van der Waals surface area contributed by atoms with Gasteiger partial charge in [0, 0.05) is 6.42 Å². The topological polar surface area (TPSA) is 48.5 Å². The van der Waals surface area contributed by atoms with Gasteiger partial charge in [0.2, 0.25) is 5.95 Å². The van der Waals surface area contributed by atoms with E-state index in [0.717, 1.165) is 11.8 Å². The van der Waals surface area contributed by atoms with Crippen molar-refractivity contribution in [3.8, 4) is 5.95 Å². The SMILES string of the molecule is Fc1cn(-c2nc3n(n2)C(c2ccccc2)CC3F)cn1. The molecule has 5 nitrogen and oxygen atoms in total. The Kier molecular flexibility index (Phi) is 2.60. The molecule has 2 aromatic heterocycles. The van der Waals surface area contributed by atoms with E-state index >= 15 is 0 Å². The lowest BCUT2D eigenvalue weighted by Gasteiger charge is -2.11. The Bertz CT molecular complexity index is 780. The van der Waals surface area contributed by atoms with Crippen molar-refractivity contribution in [3.63, 3.8) is 0 Å². The number of alkyl halides is 1. The molecule has 2 unspecified atom stereocenters. The molecule has 7 heteroatoms. The van der Waals surface area contributed by atoms with Crippen LogP contribution in [0.3, 0.4) is 0 Å². The molecule has 1 aromatic carbocycles. The van der Waals surface area contributed by atoms with Gasteiger partial charge in [0.1, 0.15) is 6.33 Å². The number of hydrogen-bond acceptors (Lipinski definition) is 3. The zero-order chi connectivity index (χ0) is 14.4. The first-order chi connectivity index (χ1) is 10.2. The molecule has 0 bridgehead atoms. The Labute approximate surface area is 118 Å². The lowest BCUT2D eigenvalue weighted by molar-refractivity contribution is 0.328. The molecular formula is C14H11F2N5. The van der Waals surface area contributed by atoms with Gasteiger partial charge in [-0.3, -0.25) is 4.57 Å². The highest BCUT2D eigenvalue weighted by molar-refractivity contribution is 5.25. The van der Waals surface area contributed by atoms with Gasteiger partial charge in [-0.05, 0) is 5.56 Å². The highest BCUT2D eigenvalue weighted by Gasteiger charge is 2.35. The fraction of sp³-hybridized carbons (Fsp3) is 0.214. The third kappa shape index (κ3) is 1.93. The normalized spacial score (nSPS) is 20.7. The minimum Gasteiger partial charge on any atom is -0.270 e. The molecule has 3 heterocycles. The molecule has 0 saturated carbocycles. The predicted octanol–water partition coefficient (Wildman–Crippen LogP) is 2.61. The zero-order valence-corrected chi connectivity index (χ0v) is 10.9. The highest BCUT2D eigenvalue weighted by Crippen LogP contribution is 2.39. The Balaban J connectivity index is 1.77. The van der Waals surface area contributed by atoms with Gasteiger partial charge in [-0.2, -0.15) is 9.37 Å². The maximum absolute atomic E-state index is 14.2. The van der Waals surface area contributed by atoms with E-state index in [1.165, 1.54) is 10.9 Å². The Morgan fingerprint density at radius 2 is 2.00 bits per heavy atom. The molecule has 3 aromatic rings. The number of hydrogen-bond donors (Lipinski definition) is 0. The molecule has 4 rings (SSSR count). The van der Waals surface area contributed by atoms with Crippen LogP contribution in [0.2, 0.25) is 0 Å². The number of fused-ring (bicyclic) bond motifs is 1. The molecule has 106 valence electrons. The molecule has 2 atom stereocenters. The number of imidazole rings is 1. The third-order valence-corrected chi connectivity index (χ3v) is 3.62. The second-order valence-corrected chi connectivity index (χ2v) is 4.95. The van der Waals surface area contributed by atoms with Gasteiger partial charge in [-0.1, -0.05) is 30.3 Å². The van der Waals surface area contributed by atoms with Crippen LogP contribution in [-0.4, -0.2) is 24.3 Å². The Morgan fingerprint density at radius 3 is 2.71 bits per heavy atom. The summed E-state index contributed by atoms with van der Waals surface area (Å²) in [4.78, 5) is 7.65. The van der Waals surface area contributed by atoms with E-state index in [-0.39, 0.29) is 17.8 Å². The first kappa shape index (κ1) is 12.2. The van der Waals surface area contributed by atoms with Crippen LogP contribution in [0.4, 0.5) is 8.78 Å². The quantitative estimate of drug-likeness (QED) is 0.728. The average Bonchev–Trinajstić information content (AvgIpc) is 3.17. The molecule has 0 aliphatic carbocycles. The number of aromatic nitrogens is 5. The van der Waals surface area contributed by atoms with E-state index in [1.807, 2.05) is 30.3 Å². The van der Waals surface area contributed by atoms with E-state index in [4.69, 9.17) is 0 Å². The minimum atomic E-state index is -1.18. The molecule has 0 N–H and O–H groups in total. The maximum Gasteiger partial charge on any atom is 0.254 e. The smallest absolute Gasteiger partial charge is 0.254 e. The summed E-state index contributed by atoms with van der Waals surface area (Å²) in [5.74, 6) is -0.126. The van der Waals surface area contributed by atoms with Crippen molar-refractivity contribution in [2.75, 3.05) is 0 Å². The number of nitrogens with zero attached hydrogens (tertiary/aromatic N) is 5. The molecule has 1 aliphatic rings. The van der Waals surface area contributed by atoms with Crippen LogP contribution in [0.5, 0.6) is 0 Å². The molecule has 0 amide bonds. The van der Waals surface area contributed by atoms with Crippen LogP contribution in [0, 0.1) is 5.95 Å². The maximum atomic E-state index is 14.2. The van der Waals surface area contributed by atoms with Gasteiger partial charge in [0.05, 0.1) is 12.2 Å². The van der Waals surface area contributed by atoms with Crippen LogP contribution in [0.25, 0.3) is 5.95 Å². The molecule has 1 aliphatic heterocycles. The van der Waals surface area contributed by atoms with Crippen molar-refractivity contribution in [2.45, 2.75) is 18.6 Å². The van der Waals surface area contributed by atoms with Gasteiger partial charge in [0.25, 0.3) is 5.95 Å². The van der Waals surface area contributed by atoms with Gasteiger partial charge >= 0.3 is 0 Å². The second-order valence-electron chi connectivity index (χ2n) is 4.95. The van der Waals surface area contributed by atoms with E-state index in [0.29, 0.717) is 6.42 Å². The molecule has 0 spiro atoms. The average molecular weight is 287 g/mol. The first-order valence-corrected chi connectivity index (χ1v) is 6.57. The van der Waals surface area contributed by atoms with Crippen LogP contribution >= 0.6 is 0 Å². The summed E-state index contributed by atoms with van der Waals surface area (Å²) < 4.78 is 30.0. The second kappa shape index (κ2) is 4.47. The fourth-order valence-corrected chi connectivity index (χ4v) is 2.64. The van der Waals surface area contributed by atoms with E-state index in [1.54, 1.807) is 4.68 Å². The number of halogens is 2. The number of benzene rings is 1. The van der Waals surface area contributed by atoms with Crippen molar-refractivity contribution in [3.05, 3.63) is 60.2 Å². The molecule has 0 radical (unpaired) electrons. The summed E-state index contributed by atoms with van der Waals surface area (Å²) in [6.45, 7) is 0. The fourth-order valence-electron chi connectivity index (χ4n) is 2.64. The summed E-state index contributed by atoms with van der Waals surface area (Å²) in [7, 11) is 0. The summed E-state index contributed by atoms with van der Waals surface area (Å²) in [6, 6.07) is 9.40. The summed E-state index contributed by atoms with van der Waals surface area (Å²) >= 11 is 0. The van der Waals surface area contributed by atoms with Crippen LogP contribution in [0.15, 0.2) is 42.9 Å². The first-order valence-electron chi connectivity index (χ1n) is 6.57. The van der Waals surface area contributed by atoms with Crippen LogP contribution in [0.1, 0.15) is 30.0 Å². The lowest BCUT2D eigenvalue weighted by Crippen LogP contribution is -2.08. The van der Waals surface area contributed by atoms with Crippen molar-refractivity contribution in [1.29, 1.82) is 0 Å². The Morgan fingerprint density at radius 1 is 1.19 bits per heavy atom. The molecule has 21 heavy (non-hydrogen) atoms. The monoisotopic (exact) mass is 287 g/mol. The molecular weight excluding hydrogens is 276 g/mol. The standard InChI is InChI=1S/C14H11F2N5/c15-10-6-11(9-4-2-1-3-5-9)21-13(10)18-14(19-21)20-7-12(16)17-8-20/h1-5,7-8,10-11H,6H2. The van der Waals surface area contributed by atoms with Crippen molar-refractivity contribution in [1.82, 2.24) is 24.3 Å². The van der Waals surface area contributed by atoms with E-state index in [2.05, 4.69) is 15.1 Å². The summed E-state index contributed by atoms with van der Waals surface area (Å²) in [5.41, 5.74) is 0.979. The highest BCUT2D eigenvalue weighted by atomic mass is 19.1. The van der Waals surface area contributed by atoms with Gasteiger partial charge in [0.15, 0.2) is 12.0 Å².